The summed E-state index contributed by atoms with van der Waals surface area (Å²) in [4.78, 5) is 14.6. The van der Waals surface area contributed by atoms with Crippen LogP contribution >= 0.6 is 0 Å². The zero-order valence-corrected chi connectivity index (χ0v) is 6.07. The highest BCUT2D eigenvalue weighted by molar-refractivity contribution is 6.42. The monoisotopic (exact) mass is 156 g/mol. The van der Waals surface area contributed by atoms with Crippen LogP contribution in [0.15, 0.2) is 5.16 Å². The molecule has 0 aromatic heterocycles. The second-order valence-corrected chi connectivity index (χ2v) is 1.69. The highest BCUT2D eigenvalue weighted by atomic mass is 16.6. The Kier molecular flexibility index (Phi) is 4.49. The average molecular weight is 156 g/mol. The zero-order chi connectivity index (χ0) is 8.69. The van der Waals surface area contributed by atoms with E-state index in [-0.39, 0.29) is 0 Å². The molecule has 0 fully saturated rings. The summed E-state index contributed by atoms with van der Waals surface area (Å²) in [6.07, 6.45) is 0.724. The van der Waals surface area contributed by atoms with Gasteiger partial charge < -0.3 is 9.94 Å². The molecule has 0 aromatic rings. The molecule has 5 heteroatoms. The van der Waals surface area contributed by atoms with Gasteiger partial charge in [-0.3, -0.25) is 0 Å². The summed E-state index contributed by atoms with van der Waals surface area (Å²) >= 11 is 0. The minimum Gasteiger partial charge on any atom is -0.476 e. The summed E-state index contributed by atoms with van der Waals surface area (Å²) in [6.45, 7) is 2.17. The maximum atomic E-state index is 10.1. The Labute approximate surface area is 63.9 Å². The van der Waals surface area contributed by atoms with E-state index in [0.29, 0.717) is 6.61 Å². The normalized spacial score (nSPS) is 10.4. The van der Waals surface area contributed by atoms with E-state index in [4.69, 9.17) is 10.4 Å². The molecule has 0 spiro atoms. The van der Waals surface area contributed by atoms with Crippen LogP contribution in [-0.4, -0.2) is 23.4 Å². The Morgan fingerprint density at radius 1 is 1.82 bits per heavy atom. The van der Waals surface area contributed by atoms with Gasteiger partial charge in [0.05, 0.1) is 0 Å². The number of carboxylic acids is 1. The molecule has 0 aliphatic heterocycles. The number of nitriles is 1. The number of hydrogen-bond donors (Lipinski definition) is 1. The molecule has 0 rings (SSSR count). The first kappa shape index (κ1) is 9.43. The number of hydrogen-bond acceptors (Lipinski definition) is 4. The van der Waals surface area contributed by atoms with E-state index in [1.807, 2.05) is 6.92 Å². The smallest absolute Gasteiger partial charge is 0.369 e. The van der Waals surface area contributed by atoms with Crippen molar-refractivity contribution in [3.05, 3.63) is 0 Å². The number of rotatable bonds is 4. The van der Waals surface area contributed by atoms with Gasteiger partial charge in [0.2, 0.25) is 0 Å². The van der Waals surface area contributed by atoms with Crippen molar-refractivity contribution in [2.75, 3.05) is 6.61 Å². The summed E-state index contributed by atoms with van der Waals surface area (Å²) in [5.74, 6) is -1.37. The Morgan fingerprint density at radius 2 is 2.45 bits per heavy atom. The number of nitrogens with zero attached hydrogens (tertiary/aromatic N) is 2. The van der Waals surface area contributed by atoms with Gasteiger partial charge in [-0.25, -0.2) is 4.79 Å². The maximum absolute atomic E-state index is 10.1. The van der Waals surface area contributed by atoms with Gasteiger partial charge in [-0.15, -0.1) is 0 Å². The van der Waals surface area contributed by atoms with E-state index in [1.54, 1.807) is 0 Å². The van der Waals surface area contributed by atoms with Crippen LogP contribution in [0.4, 0.5) is 0 Å². The molecule has 11 heavy (non-hydrogen) atoms. The predicted molar refractivity (Wildman–Crippen MR) is 36.9 cm³/mol. The minimum atomic E-state index is -1.37. The Morgan fingerprint density at radius 3 is 2.82 bits per heavy atom. The molecule has 5 nitrogen and oxygen atoms in total. The van der Waals surface area contributed by atoms with Gasteiger partial charge >= 0.3 is 5.97 Å². The molecule has 0 atom stereocenters. The molecule has 0 radical (unpaired) electrons. The van der Waals surface area contributed by atoms with Crippen LogP contribution in [0.25, 0.3) is 0 Å². The van der Waals surface area contributed by atoms with Crippen LogP contribution in [0.2, 0.25) is 0 Å². The van der Waals surface area contributed by atoms with E-state index in [1.165, 1.54) is 6.07 Å². The van der Waals surface area contributed by atoms with Crippen LogP contribution in [-0.2, 0) is 9.63 Å². The molecule has 0 heterocycles. The highest BCUT2D eigenvalue weighted by Crippen LogP contribution is 1.83. The molecule has 60 valence electrons. The fourth-order valence-corrected chi connectivity index (χ4v) is 0.309. The molecular formula is C6H8N2O3. The lowest BCUT2D eigenvalue weighted by Gasteiger charge is -1.93. The minimum absolute atomic E-state index is 0.318. The van der Waals surface area contributed by atoms with Gasteiger partial charge in [-0.2, -0.15) is 5.26 Å². The molecular weight excluding hydrogens is 148 g/mol. The van der Waals surface area contributed by atoms with Crippen LogP contribution in [0, 0.1) is 11.3 Å². The van der Waals surface area contributed by atoms with Gasteiger partial charge in [-0.05, 0) is 6.42 Å². The first-order valence-electron chi connectivity index (χ1n) is 3.05. The zero-order valence-electron chi connectivity index (χ0n) is 6.07. The number of carbonyl (C=O) groups is 1. The topological polar surface area (TPSA) is 82.7 Å². The largest absolute Gasteiger partial charge is 0.476 e. The van der Waals surface area contributed by atoms with E-state index in [9.17, 15) is 4.79 Å². The van der Waals surface area contributed by atoms with E-state index >= 15 is 0 Å². The molecule has 0 saturated heterocycles. The number of oxime groups is 1. The molecule has 0 aliphatic carbocycles. The fourth-order valence-electron chi connectivity index (χ4n) is 0.309. The van der Waals surface area contributed by atoms with Crippen molar-refractivity contribution in [3.8, 4) is 6.07 Å². The summed E-state index contributed by atoms with van der Waals surface area (Å²) < 4.78 is 0. The summed E-state index contributed by atoms with van der Waals surface area (Å²) in [5.41, 5.74) is -0.626. The van der Waals surface area contributed by atoms with E-state index in [2.05, 4.69) is 9.99 Å². The number of aliphatic carboxylic acids is 1. The second kappa shape index (κ2) is 5.23. The summed E-state index contributed by atoms with van der Waals surface area (Å²) in [6, 6.07) is 1.39. The molecule has 0 saturated carbocycles. The van der Waals surface area contributed by atoms with Crippen molar-refractivity contribution in [1.29, 1.82) is 5.26 Å². The quantitative estimate of drug-likeness (QED) is 0.362. The Hall–Kier alpha value is -1.57. The Bertz CT molecular complexity index is 204. The summed E-state index contributed by atoms with van der Waals surface area (Å²) in [5, 5.41) is 19.5. The standard InChI is InChI=1S/C6H8N2O3/c1-2-3-11-8-5(4-7)6(9)10/h2-3H2,1H3,(H,9,10). The lowest BCUT2D eigenvalue weighted by Crippen LogP contribution is -2.10. The molecule has 0 bridgehead atoms. The SMILES string of the molecule is CCCON=C(C#N)C(=O)O. The fraction of sp³-hybridized carbons (Fsp3) is 0.500. The van der Waals surface area contributed by atoms with Crippen molar-refractivity contribution in [2.24, 2.45) is 5.16 Å². The van der Waals surface area contributed by atoms with Crippen molar-refractivity contribution in [1.82, 2.24) is 0 Å². The second-order valence-electron chi connectivity index (χ2n) is 1.69. The predicted octanol–water partition coefficient (Wildman–Crippen LogP) is 0.377. The van der Waals surface area contributed by atoms with Gasteiger partial charge in [-0.1, -0.05) is 12.1 Å². The van der Waals surface area contributed by atoms with Gasteiger partial charge in [0.1, 0.15) is 12.7 Å². The van der Waals surface area contributed by atoms with Crippen molar-refractivity contribution in [2.45, 2.75) is 13.3 Å². The van der Waals surface area contributed by atoms with Gasteiger partial charge in [0, 0.05) is 0 Å². The molecule has 1 N–H and O–H groups in total. The summed E-state index contributed by atoms with van der Waals surface area (Å²) in [7, 11) is 0. The lowest BCUT2D eigenvalue weighted by atomic mass is 10.4. The average Bonchev–Trinajstić information content (AvgIpc) is 1.97. The highest BCUT2D eigenvalue weighted by Gasteiger charge is 2.07. The van der Waals surface area contributed by atoms with Crippen LogP contribution < -0.4 is 0 Å². The van der Waals surface area contributed by atoms with Crippen LogP contribution in [0.5, 0.6) is 0 Å². The molecule has 0 aromatic carbocycles. The van der Waals surface area contributed by atoms with Crippen molar-refractivity contribution < 1.29 is 14.7 Å². The third-order valence-corrected chi connectivity index (χ3v) is 0.760. The molecule has 0 amide bonds. The lowest BCUT2D eigenvalue weighted by molar-refractivity contribution is -0.129. The first-order valence-corrected chi connectivity index (χ1v) is 3.05. The van der Waals surface area contributed by atoms with Crippen LogP contribution in [0.1, 0.15) is 13.3 Å². The first-order chi connectivity index (χ1) is 5.22. The van der Waals surface area contributed by atoms with Crippen molar-refractivity contribution in [3.63, 3.8) is 0 Å². The van der Waals surface area contributed by atoms with E-state index < -0.39 is 11.7 Å². The van der Waals surface area contributed by atoms with Crippen molar-refractivity contribution >= 4 is 11.7 Å². The van der Waals surface area contributed by atoms with Gasteiger partial charge in [0.15, 0.2) is 0 Å². The third kappa shape index (κ3) is 3.92. The Balaban J connectivity index is 3.95. The number of carboxylic acid groups (broad SMARTS) is 1. The molecule has 0 aliphatic rings. The van der Waals surface area contributed by atoms with Crippen LogP contribution in [0.3, 0.4) is 0 Å². The third-order valence-electron chi connectivity index (χ3n) is 0.760. The van der Waals surface area contributed by atoms with E-state index in [0.717, 1.165) is 6.42 Å². The maximum Gasteiger partial charge on any atom is 0.369 e. The van der Waals surface area contributed by atoms with Gasteiger partial charge in [0.25, 0.3) is 5.71 Å². The molecule has 0 unspecified atom stereocenters.